The van der Waals surface area contributed by atoms with Crippen LogP contribution in [-0.2, 0) is 10.2 Å². The fraction of sp³-hybridized carbons (Fsp3) is 0.333. The molecule has 0 radical (unpaired) electrons. The molecule has 2 heterocycles. The number of amides is 1. The van der Waals surface area contributed by atoms with Crippen LogP contribution in [0.2, 0.25) is 0 Å². The van der Waals surface area contributed by atoms with E-state index in [-0.39, 0.29) is 11.2 Å². The van der Waals surface area contributed by atoms with Crippen molar-refractivity contribution in [2.24, 2.45) is 0 Å². The van der Waals surface area contributed by atoms with Gasteiger partial charge >= 0.3 is 0 Å². The summed E-state index contributed by atoms with van der Waals surface area (Å²) in [6, 6.07) is 16.6. The van der Waals surface area contributed by atoms with E-state index >= 15 is 0 Å². The van der Waals surface area contributed by atoms with Gasteiger partial charge in [0.2, 0.25) is 5.91 Å². The predicted octanol–water partition coefficient (Wildman–Crippen LogP) is 4.45. The van der Waals surface area contributed by atoms with Crippen LogP contribution in [0, 0.1) is 5.82 Å². The summed E-state index contributed by atoms with van der Waals surface area (Å²) in [5, 5.41) is 4.45. The molecule has 29 heavy (non-hydrogen) atoms. The van der Waals surface area contributed by atoms with Crippen LogP contribution in [0.15, 0.2) is 67.0 Å². The summed E-state index contributed by atoms with van der Waals surface area (Å²) in [5.41, 5.74) is 2.92. The van der Waals surface area contributed by atoms with Crippen molar-refractivity contribution in [2.75, 3.05) is 13.1 Å². The van der Waals surface area contributed by atoms with E-state index < -0.39 is 0 Å². The topological polar surface area (TPSA) is 38.1 Å². The number of rotatable bonds is 4. The number of carbonyl (C=O) groups is 1. The second-order valence-electron chi connectivity index (χ2n) is 8.21. The highest BCUT2D eigenvalue weighted by atomic mass is 19.1. The fourth-order valence-electron chi connectivity index (χ4n) is 4.51. The molecule has 4 nitrogen and oxygen atoms in total. The average Bonchev–Trinajstić information content (AvgIpc) is 3.44. The van der Waals surface area contributed by atoms with Crippen LogP contribution in [0.4, 0.5) is 4.39 Å². The summed E-state index contributed by atoms with van der Waals surface area (Å²) in [5.74, 6) is 0.450. The number of halogens is 1. The molecule has 1 amide bonds. The Balaban J connectivity index is 1.24. The minimum absolute atomic E-state index is 0.248. The number of hydrogen-bond acceptors (Lipinski definition) is 2. The highest BCUT2D eigenvalue weighted by Gasteiger charge is 2.53. The first-order valence-electron chi connectivity index (χ1n) is 10.3. The zero-order chi connectivity index (χ0) is 19.8. The molecule has 2 aromatic carbocycles. The van der Waals surface area contributed by atoms with Crippen molar-refractivity contribution >= 4 is 5.91 Å². The van der Waals surface area contributed by atoms with Gasteiger partial charge < -0.3 is 4.90 Å². The molecule has 1 aromatic heterocycles. The van der Waals surface area contributed by atoms with Gasteiger partial charge in [0.15, 0.2) is 0 Å². The van der Waals surface area contributed by atoms with E-state index in [1.54, 1.807) is 16.8 Å². The van der Waals surface area contributed by atoms with E-state index in [4.69, 9.17) is 0 Å². The highest BCUT2D eigenvalue weighted by Crippen LogP contribution is 2.50. The van der Waals surface area contributed by atoms with Crippen molar-refractivity contribution < 1.29 is 9.18 Å². The number of benzene rings is 2. The number of likely N-dealkylation sites (tertiary alicyclic amines) is 1. The SMILES string of the molecule is O=C(N1CCC(c2cnn(-c3ccc(F)cc3)c2)CC1)C1(c2ccccc2)CC1. The second kappa shape index (κ2) is 7.14. The smallest absolute Gasteiger partial charge is 0.233 e. The van der Waals surface area contributed by atoms with Gasteiger partial charge in [0.1, 0.15) is 5.82 Å². The van der Waals surface area contributed by atoms with Gasteiger partial charge in [-0.15, -0.1) is 0 Å². The molecule has 1 saturated heterocycles. The molecule has 1 aliphatic heterocycles. The van der Waals surface area contributed by atoms with Crippen LogP contribution >= 0.6 is 0 Å². The number of hydrogen-bond donors (Lipinski definition) is 0. The molecule has 0 spiro atoms. The molecule has 1 saturated carbocycles. The lowest BCUT2D eigenvalue weighted by Gasteiger charge is -2.34. The maximum atomic E-state index is 13.2. The Kier molecular flexibility index (Phi) is 4.46. The first-order valence-corrected chi connectivity index (χ1v) is 10.3. The van der Waals surface area contributed by atoms with E-state index in [0.717, 1.165) is 50.0 Å². The molecule has 3 aromatic rings. The van der Waals surface area contributed by atoms with Crippen molar-refractivity contribution in [3.8, 4) is 5.69 Å². The monoisotopic (exact) mass is 389 g/mol. The van der Waals surface area contributed by atoms with Gasteiger partial charge in [-0.2, -0.15) is 5.10 Å². The maximum Gasteiger partial charge on any atom is 0.233 e. The molecule has 0 atom stereocenters. The Morgan fingerprint density at radius 1 is 1.00 bits per heavy atom. The summed E-state index contributed by atoms with van der Waals surface area (Å²) in [7, 11) is 0. The first kappa shape index (κ1) is 18.1. The largest absolute Gasteiger partial charge is 0.342 e. The molecule has 148 valence electrons. The molecule has 5 rings (SSSR count). The zero-order valence-electron chi connectivity index (χ0n) is 16.3. The normalized spacial score (nSPS) is 18.6. The van der Waals surface area contributed by atoms with Crippen molar-refractivity contribution in [3.05, 3.63) is 83.9 Å². The molecule has 0 N–H and O–H groups in total. The average molecular weight is 389 g/mol. The third-order valence-corrected chi connectivity index (χ3v) is 6.43. The summed E-state index contributed by atoms with van der Waals surface area (Å²) in [6.45, 7) is 1.58. The minimum Gasteiger partial charge on any atom is -0.342 e. The predicted molar refractivity (Wildman–Crippen MR) is 109 cm³/mol. The van der Waals surface area contributed by atoms with E-state index in [2.05, 4.69) is 22.1 Å². The third kappa shape index (κ3) is 3.35. The molecule has 1 aliphatic carbocycles. The summed E-state index contributed by atoms with van der Waals surface area (Å²) in [4.78, 5) is 15.3. The van der Waals surface area contributed by atoms with Gasteiger partial charge in [-0.3, -0.25) is 4.79 Å². The molecule has 0 bridgehead atoms. The summed E-state index contributed by atoms with van der Waals surface area (Å²) < 4.78 is 14.9. The van der Waals surface area contributed by atoms with Gasteiger partial charge in [-0.05, 0) is 67.0 Å². The van der Waals surface area contributed by atoms with E-state index in [0.29, 0.717) is 11.8 Å². The van der Waals surface area contributed by atoms with Gasteiger partial charge in [-0.1, -0.05) is 30.3 Å². The molecule has 0 unspecified atom stereocenters. The fourth-order valence-corrected chi connectivity index (χ4v) is 4.51. The number of carbonyl (C=O) groups excluding carboxylic acids is 1. The van der Waals surface area contributed by atoms with Crippen LogP contribution in [0.3, 0.4) is 0 Å². The van der Waals surface area contributed by atoms with Crippen LogP contribution in [0.25, 0.3) is 5.69 Å². The van der Waals surface area contributed by atoms with E-state index in [1.807, 2.05) is 30.6 Å². The highest BCUT2D eigenvalue weighted by molar-refractivity contribution is 5.91. The van der Waals surface area contributed by atoms with Gasteiger partial charge in [0, 0.05) is 19.3 Å². The summed E-state index contributed by atoms with van der Waals surface area (Å²) in [6.07, 6.45) is 7.75. The first-order chi connectivity index (χ1) is 14.2. The summed E-state index contributed by atoms with van der Waals surface area (Å²) >= 11 is 0. The zero-order valence-corrected chi connectivity index (χ0v) is 16.3. The third-order valence-electron chi connectivity index (χ3n) is 6.43. The van der Waals surface area contributed by atoms with Crippen molar-refractivity contribution in [1.82, 2.24) is 14.7 Å². The lowest BCUT2D eigenvalue weighted by atomic mass is 9.89. The second-order valence-corrected chi connectivity index (χ2v) is 8.21. The molecule has 5 heteroatoms. The lowest BCUT2D eigenvalue weighted by Crippen LogP contribution is -2.43. The maximum absolute atomic E-state index is 13.2. The molecule has 2 aliphatic rings. The Morgan fingerprint density at radius 2 is 1.69 bits per heavy atom. The van der Waals surface area contributed by atoms with Crippen molar-refractivity contribution in [3.63, 3.8) is 0 Å². The van der Waals surface area contributed by atoms with Gasteiger partial charge in [-0.25, -0.2) is 9.07 Å². The number of nitrogens with zero attached hydrogens (tertiary/aromatic N) is 3. The van der Waals surface area contributed by atoms with Crippen LogP contribution < -0.4 is 0 Å². The van der Waals surface area contributed by atoms with Crippen molar-refractivity contribution in [1.29, 1.82) is 0 Å². The van der Waals surface area contributed by atoms with Gasteiger partial charge in [0.05, 0.1) is 17.3 Å². The Hall–Kier alpha value is -2.95. The number of piperidine rings is 1. The van der Waals surface area contributed by atoms with E-state index in [1.165, 1.54) is 17.7 Å². The number of aromatic nitrogens is 2. The minimum atomic E-state index is -0.276. The van der Waals surface area contributed by atoms with Gasteiger partial charge in [0.25, 0.3) is 0 Å². The quantitative estimate of drug-likeness (QED) is 0.661. The molecule has 2 fully saturated rings. The van der Waals surface area contributed by atoms with Crippen LogP contribution in [-0.4, -0.2) is 33.7 Å². The van der Waals surface area contributed by atoms with E-state index in [9.17, 15) is 9.18 Å². The Morgan fingerprint density at radius 3 is 2.34 bits per heavy atom. The Labute approximate surface area is 170 Å². The van der Waals surface area contributed by atoms with Crippen molar-refractivity contribution in [2.45, 2.75) is 37.0 Å². The lowest BCUT2D eigenvalue weighted by molar-refractivity contribution is -0.135. The molecular formula is C24H24FN3O. The molecular weight excluding hydrogens is 365 g/mol. The van der Waals surface area contributed by atoms with Crippen LogP contribution in [0.5, 0.6) is 0 Å². The standard InChI is InChI=1S/C24H24FN3O/c25-21-6-8-22(9-7-21)28-17-19(16-26-28)18-10-14-27(15-11-18)23(29)24(12-13-24)20-4-2-1-3-5-20/h1-9,16-18H,10-15H2. The van der Waals surface area contributed by atoms with Crippen LogP contribution in [0.1, 0.15) is 42.7 Å². The Bertz CT molecular complexity index is 1000.